The number of rotatable bonds is 27. The molecule has 0 bridgehead atoms. The molecular formula is C33H60O2. The van der Waals surface area contributed by atoms with Crippen LogP contribution in [-0.4, -0.2) is 12.6 Å². The highest BCUT2D eigenvalue weighted by atomic mass is 16.5. The lowest BCUT2D eigenvalue weighted by atomic mass is 10.1. The van der Waals surface area contributed by atoms with Crippen molar-refractivity contribution >= 4 is 5.97 Å². The molecule has 0 N–H and O–H groups in total. The fraction of sp³-hybridized carbons (Fsp3) is 0.788. The van der Waals surface area contributed by atoms with Crippen molar-refractivity contribution in [2.45, 2.75) is 162 Å². The van der Waals surface area contributed by atoms with Gasteiger partial charge < -0.3 is 4.74 Å². The number of carbonyl (C=O) groups excluding carboxylic acids is 1. The van der Waals surface area contributed by atoms with Gasteiger partial charge >= 0.3 is 5.97 Å². The molecule has 0 aliphatic carbocycles. The van der Waals surface area contributed by atoms with E-state index in [4.69, 9.17) is 4.74 Å². The molecule has 0 heterocycles. The normalized spacial score (nSPS) is 11.9. The van der Waals surface area contributed by atoms with E-state index >= 15 is 0 Å². The van der Waals surface area contributed by atoms with E-state index in [0.717, 1.165) is 25.7 Å². The Hall–Kier alpha value is -1.31. The average molecular weight is 489 g/mol. The summed E-state index contributed by atoms with van der Waals surface area (Å²) in [7, 11) is 0. The summed E-state index contributed by atoms with van der Waals surface area (Å²) in [6, 6.07) is 0. The zero-order valence-electron chi connectivity index (χ0n) is 23.8. The third kappa shape index (κ3) is 30.7. The van der Waals surface area contributed by atoms with Gasteiger partial charge in [-0.3, -0.25) is 4.79 Å². The largest absolute Gasteiger partial charge is 0.466 e. The number of allylic oxidation sites excluding steroid dienone is 6. The molecule has 0 aromatic heterocycles. The summed E-state index contributed by atoms with van der Waals surface area (Å²) in [6.07, 6.45) is 41.9. The first kappa shape index (κ1) is 33.7. The van der Waals surface area contributed by atoms with Crippen LogP contribution in [0.25, 0.3) is 0 Å². The second kappa shape index (κ2) is 30.7. The van der Waals surface area contributed by atoms with E-state index < -0.39 is 0 Å². The van der Waals surface area contributed by atoms with Crippen molar-refractivity contribution < 1.29 is 9.53 Å². The van der Waals surface area contributed by atoms with E-state index in [0.29, 0.717) is 13.0 Å². The van der Waals surface area contributed by atoms with Crippen LogP contribution in [0.5, 0.6) is 0 Å². The Kier molecular flexibility index (Phi) is 29.6. The zero-order chi connectivity index (χ0) is 25.5. The van der Waals surface area contributed by atoms with Crippen LogP contribution in [0.2, 0.25) is 0 Å². The predicted octanol–water partition coefficient (Wildman–Crippen LogP) is 11.2. The maximum Gasteiger partial charge on any atom is 0.305 e. The van der Waals surface area contributed by atoms with E-state index in [2.05, 4.69) is 50.3 Å². The van der Waals surface area contributed by atoms with Crippen LogP contribution < -0.4 is 0 Å². The van der Waals surface area contributed by atoms with Crippen molar-refractivity contribution in [2.75, 3.05) is 6.61 Å². The van der Waals surface area contributed by atoms with E-state index in [9.17, 15) is 4.79 Å². The minimum absolute atomic E-state index is 0.0231. The van der Waals surface area contributed by atoms with Gasteiger partial charge in [0.25, 0.3) is 0 Å². The molecule has 0 spiro atoms. The number of hydrogen-bond acceptors (Lipinski definition) is 2. The lowest BCUT2D eigenvalue weighted by molar-refractivity contribution is -0.143. The highest BCUT2D eigenvalue weighted by Gasteiger charge is 2.01. The van der Waals surface area contributed by atoms with Crippen LogP contribution in [0.4, 0.5) is 0 Å². The fourth-order valence-electron chi connectivity index (χ4n) is 4.19. The maximum atomic E-state index is 11.8. The molecule has 204 valence electrons. The predicted molar refractivity (Wildman–Crippen MR) is 156 cm³/mol. The second-order valence-corrected chi connectivity index (χ2v) is 10.1. The van der Waals surface area contributed by atoms with Gasteiger partial charge in [-0.1, -0.05) is 134 Å². The lowest BCUT2D eigenvalue weighted by Crippen LogP contribution is -2.05. The Morgan fingerprint density at radius 1 is 0.486 bits per heavy atom. The molecule has 0 saturated carbocycles. The number of esters is 1. The van der Waals surface area contributed by atoms with Crippen molar-refractivity contribution in [1.82, 2.24) is 0 Å². The topological polar surface area (TPSA) is 26.3 Å². The highest BCUT2D eigenvalue weighted by molar-refractivity contribution is 5.69. The number of ether oxygens (including phenoxy) is 1. The SMILES string of the molecule is CCCCCC/C=C\C=C/CCCCCCCOC(=O)CCC/C=C/CCCCCCCCCC. The van der Waals surface area contributed by atoms with E-state index in [-0.39, 0.29) is 5.97 Å². The van der Waals surface area contributed by atoms with Crippen LogP contribution >= 0.6 is 0 Å². The molecule has 2 nitrogen and oxygen atoms in total. The van der Waals surface area contributed by atoms with E-state index in [1.165, 1.54) is 116 Å². The summed E-state index contributed by atoms with van der Waals surface area (Å²) in [5, 5.41) is 0. The molecule has 0 amide bonds. The van der Waals surface area contributed by atoms with Gasteiger partial charge in [0.05, 0.1) is 6.61 Å². The van der Waals surface area contributed by atoms with Crippen LogP contribution in [0.3, 0.4) is 0 Å². The van der Waals surface area contributed by atoms with Gasteiger partial charge in [-0.2, -0.15) is 0 Å². The van der Waals surface area contributed by atoms with Gasteiger partial charge in [-0.15, -0.1) is 0 Å². The van der Waals surface area contributed by atoms with E-state index in [1.807, 2.05) is 0 Å². The third-order valence-corrected chi connectivity index (χ3v) is 6.53. The van der Waals surface area contributed by atoms with Gasteiger partial charge in [-0.05, 0) is 57.8 Å². The molecule has 0 aliphatic rings. The number of hydrogen-bond donors (Lipinski definition) is 0. The standard InChI is InChI=1S/C33H60O2/c1-3-5-7-9-11-13-15-17-18-20-22-24-26-28-30-32-35-33(34)31-29-27-25-23-21-19-16-14-12-10-8-6-4-2/h13,15,17-18,23,25H,3-12,14,16,19-22,24,26-32H2,1-2H3/b15-13-,18-17-,25-23+. The van der Waals surface area contributed by atoms with Crippen molar-refractivity contribution in [2.24, 2.45) is 0 Å². The van der Waals surface area contributed by atoms with Crippen molar-refractivity contribution in [1.29, 1.82) is 0 Å². The summed E-state index contributed by atoms with van der Waals surface area (Å²) in [5.41, 5.74) is 0. The summed E-state index contributed by atoms with van der Waals surface area (Å²) in [5.74, 6) is -0.0231. The van der Waals surface area contributed by atoms with Crippen molar-refractivity contribution in [3.05, 3.63) is 36.5 Å². The van der Waals surface area contributed by atoms with Gasteiger partial charge in [0.2, 0.25) is 0 Å². The molecule has 35 heavy (non-hydrogen) atoms. The molecule has 2 heteroatoms. The molecule has 0 aliphatic heterocycles. The first-order valence-corrected chi connectivity index (χ1v) is 15.4. The monoisotopic (exact) mass is 488 g/mol. The van der Waals surface area contributed by atoms with Gasteiger partial charge in [-0.25, -0.2) is 0 Å². The van der Waals surface area contributed by atoms with Crippen LogP contribution in [0, 0.1) is 0 Å². The second-order valence-electron chi connectivity index (χ2n) is 10.1. The quantitative estimate of drug-likeness (QED) is 0.0497. The van der Waals surface area contributed by atoms with Crippen LogP contribution in [0.15, 0.2) is 36.5 Å². The minimum Gasteiger partial charge on any atom is -0.466 e. The Balaban J connectivity index is 3.30. The smallest absolute Gasteiger partial charge is 0.305 e. The minimum atomic E-state index is -0.0231. The maximum absolute atomic E-state index is 11.8. The first-order chi connectivity index (χ1) is 17.3. The van der Waals surface area contributed by atoms with Crippen LogP contribution in [-0.2, 0) is 9.53 Å². The zero-order valence-corrected chi connectivity index (χ0v) is 23.8. The average Bonchev–Trinajstić information content (AvgIpc) is 2.86. The van der Waals surface area contributed by atoms with Gasteiger partial charge in [0.15, 0.2) is 0 Å². The Bertz CT molecular complexity index is 503. The molecule has 0 aromatic carbocycles. The first-order valence-electron chi connectivity index (χ1n) is 15.4. The molecule has 0 fully saturated rings. The third-order valence-electron chi connectivity index (χ3n) is 6.53. The van der Waals surface area contributed by atoms with E-state index in [1.54, 1.807) is 0 Å². The lowest BCUT2D eigenvalue weighted by Gasteiger charge is -2.04. The van der Waals surface area contributed by atoms with Crippen molar-refractivity contribution in [3.8, 4) is 0 Å². The molecule has 0 unspecified atom stereocenters. The van der Waals surface area contributed by atoms with Gasteiger partial charge in [0, 0.05) is 6.42 Å². The molecule has 0 radical (unpaired) electrons. The summed E-state index contributed by atoms with van der Waals surface area (Å²) >= 11 is 0. The van der Waals surface area contributed by atoms with Crippen LogP contribution in [0.1, 0.15) is 162 Å². The Labute approximate surface area is 220 Å². The summed E-state index contributed by atoms with van der Waals surface area (Å²) in [4.78, 5) is 11.8. The molecular weight excluding hydrogens is 428 g/mol. The summed E-state index contributed by atoms with van der Waals surface area (Å²) < 4.78 is 5.38. The van der Waals surface area contributed by atoms with Gasteiger partial charge in [0.1, 0.15) is 0 Å². The number of unbranched alkanes of at least 4 members (excludes halogenated alkanes) is 18. The molecule has 0 rings (SSSR count). The Morgan fingerprint density at radius 3 is 1.43 bits per heavy atom. The summed E-state index contributed by atoms with van der Waals surface area (Å²) in [6.45, 7) is 5.12. The fourth-order valence-corrected chi connectivity index (χ4v) is 4.19. The molecule has 0 atom stereocenters. The van der Waals surface area contributed by atoms with Crippen molar-refractivity contribution in [3.63, 3.8) is 0 Å². The molecule has 0 aromatic rings. The number of carbonyl (C=O) groups is 1. The highest BCUT2D eigenvalue weighted by Crippen LogP contribution is 2.11. The molecule has 0 saturated heterocycles. The Morgan fingerprint density at radius 2 is 0.886 bits per heavy atom.